The van der Waals surface area contributed by atoms with E-state index in [4.69, 9.17) is 9.98 Å². The third kappa shape index (κ3) is 7.47. The summed E-state index contributed by atoms with van der Waals surface area (Å²) in [7, 11) is 0. The predicted octanol–water partition coefficient (Wildman–Crippen LogP) is 7.30. The van der Waals surface area contributed by atoms with E-state index in [2.05, 4.69) is 26.0 Å². The van der Waals surface area contributed by atoms with E-state index in [0.29, 0.717) is 0 Å². The van der Waals surface area contributed by atoms with Crippen LogP contribution in [0.1, 0.15) is 58.8 Å². The van der Waals surface area contributed by atoms with Gasteiger partial charge in [0.1, 0.15) is 0 Å². The molecule has 0 atom stereocenters. The van der Waals surface area contributed by atoms with Gasteiger partial charge in [-0.3, -0.25) is 9.98 Å². The maximum Gasteiger partial charge on any atom is 0.0633 e. The zero-order valence-corrected chi connectivity index (χ0v) is 15.6. The van der Waals surface area contributed by atoms with Crippen LogP contribution in [0, 0.1) is 0 Å². The highest BCUT2D eigenvalue weighted by Crippen LogP contribution is 2.17. The Morgan fingerprint density at radius 2 is 1.20 bits per heavy atom. The molecule has 0 fully saturated rings. The van der Waals surface area contributed by atoms with E-state index in [0.717, 1.165) is 29.2 Å². The van der Waals surface area contributed by atoms with Crippen molar-refractivity contribution in [1.82, 2.24) is 0 Å². The van der Waals surface area contributed by atoms with Crippen molar-refractivity contribution in [1.29, 1.82) is 0 Å². The molecule has 0 N–H and O–H groups in total. The summed E-state index contributed by atoms with van der Waals surface area (Å²) in [5.74, 6) is 0. The van der Waals surface area contributed by atoms with Gasteiger partial charge < -0.3 is 0 Å². The van der Waals surface area contributed by atoms with E-state index >= 15 is 0 Å². The molecule has 2 aromatic carbocycles. The number of aliphatic imine (C=N–C) groups is 2. The lowest BCUT2D eigenvalue weighted by atomic mass is 10.0. The molecule has 2 rings (SSSR count). The second kappa shape index (κ2) is 11.4. The lowest BCUT2D eigenvalue weighted by molar-refractivity contribution is 0.616. The molecule has 0 saturated heterocycles. The van der Waals surface area contributed by atoms with Crippen molar-refractivity contribution in [3.8, 4) is 0 Å². The molecule has 0 aliphatic heterocycles. The summed E-state index contributed by atoms with van der Waals surface area (Å²) in [5.41, 5.74) is 4.11. The van der Waals surface area contributed by atoms with Crippen LogP contribution in [0.4, 0.5) is 11.4 Å². The van der Waals surface area contributed by atoms with E-state index in [1.54, 1.807) is 0 Å². The monoisotopic (exact) mass is 334 g/mol. The van der Waals surface area contributed by atoms with Crippen LogP contribution < -0.4 is 0 Å². The Balaban J connectivity index is 2.06. The summed E-state index contributed by atoms with van der Waals surface area (Å²) in [6.07, 6.45) is 8.75. The number of unbranched alkanes of at least 4 members (excludes halogenated alkanes) is 5. The van der Waals surface area contributed by atoms with Gasteiger partial charge in [-0.15, -0.1) is 0 Å². The number of benzene rings is 2. The average molecular weight is 335 g/mol. The Kier molecular flexibility index (Phi) is 8.68. The second-order valence-corrected chi connectivity index (χ2v) is 6.44. The fraction of sp³-hybridized carbons (Fsp3) is 0.391. The van der Waals surface area contributed by atoms with E-state index in [1.165, 1.54) is 38.5 Å². The number of hydrogen-bond donors (Lipinski definition) is 0. The maximum atomic E-state index is 4.87. The minimum absolute atomic E-state index is 0.989. The van der Waals surface area contributed by atoms with Crippen molar-refractivity contribution in [3.05, 3.63) is 60.7 Å². The number of rotatable bonds is 10. The molecule has 0 unspecified atom stereocenters. The molecule has 0 aliphatic carbocycles. The molecule has 2 nitrogen and oxygen atoms in total. The van der Waals surface area contributed by atoms with E-state index in [1.807, 2.05) is 48.5 Å². The van der Waals surface area contributed by atoms with Gasteiger partial charge in [-0.05, 0) is 44.0 Å². The Morgan fingerprint density at radius 3 is 1.80 bits per heavy atom. The van der Waals surface area contributed by atoms with Gasteiger partial charge in [0.25, 0.3) is 0 Å². The van der Waals surface area contributed by atoms with Gasteiger partial charge in [0.2, 0.25) is 0 Å². The molecule has 0 aliphatic rings. The fourth-order valence-electron chi connectivity index (χ4n) is 2.81. The molecule has 0 amide bonds. The van der Waals surface area contributed by atoms with Crippen molar-refractivity contribution in [2.75, 3.05) is 0 Å². The quantitative estimate of drug-likeness (QED) is 0.321. The first-order valence-electron chi connectivity index (χ1n) is 9.53. The van der Waals surface area contributed by atoms with Crippen molar-refractivity contribution < 1.29 is 0 Å². The molecule has 0 radical (unpaired) electrons. The molecule has 2 aromatic rings. The van der Waals surface area contributed by atoms with Crippen molar-refractivity contribution in [2.24, 2.45) is 9.98 Å². The summed E-state index contributed by atoms with van der Waals surface area (Å²) < 4.78 is 0. The minimum atomic E-state index is 0.989. The van der Waals surface area contributed by atoms with E-state index < -0.39 is 0 Å². The molecule has 0 bridgehead atoms. The second-order valence-electron chi connectivity index (χ2n) is 6.44. The van der Waals surface area contributed by atoms with Crippen molar-refractivity contribution >= 4 is 22.8 Å². The van der Waals surface area contributed by atoms with Gasteiger partial charge in [0.05, 0.1) is 22.8 Å². The first kappa shape index (κ1) is 19.1. The molecule has 0 aromatic heterocycles. The predicted molar refractivity (Wildman–Crippen MR) is 111 cm³/mol. The van der Waals surface area contributed by atoms with E-state index in [-0.39, 0.29) is 0 Å². The zero-order chi connectivity index (χ0) is 17.7. The third-order valence-corrected chi connectivity index (χ3v) is 4.26. The number of nitrogens with zero attached hydrogens (tertiary/aromatic N) is 2. The van der Waals surface area contributed by atoms with E-state index in [9.17, 15) is 0 Å². The van der Waals surface area contributed by atoms with Crippen LogP contribution in [0.3, 0.4) is 0 Å². The molecule has 132 valence electrons. The summed E-state index contributed by atoms with van der Waals surface area (Å²) in [5, 5.41) is 0. The maximum absolute atomic E-state index is 4.87. The van der Waals surface area contributed by atoms with Crippen LogP contribution in [0.15, 0.2) is 70.6 Å². The van der Waals surface area contributed by atoms with Crippen LogP contribution in [0.2, 0.25) is 0 Å². The smallest absolute Gasteiger partial charge is 0.0633 e. The topological polar surface area (TPSA) is 24.7 Å². The first-order chi connectivity index (χ1) is 12.3. The lowest BCUT2D eigenvalue weighted by Gasteiger charge is -2.08. The molecular formula is C23H30N2. The normalized spacial score (nSPS) is 12.4. The van der Waals surface area contributed by atoms with Crippen molar-refractivity contribution in [3.63, 3.8) is 0 Å². The summed E-state index contributed by atoms with van der Waals surface area (Å²) >= 11 is 0. The lowest BCUT2D eigenvalue weighted by Crippen LogP contribution is -2.10. The minimum Gasteiger partial charge on any atom is -0.252 e. The average Bonchev–Trinajstić information content (AvgIpc) is 2.65. The molecule has 0 spiro atoms. The highest BCUT2D eigenvalue weighted by atomic mass is 14.8. The molecule has 0 saturated carbocycles. The van der Waals surface area contributed by atoms with Crippen LogP contribution in [-0.2, 0) is 0 Å². The van der Waals surface area contributed by atoms with Gasteiger partial charge in [-0.2, -0.15) is 0 Å². The van der Waals surface area contributed by atoms with Crippen LogP contribution in [0.25, 0.3) is 0 Å². The first-order valence-corrected chi connectivity index (χ1v) is 9.53. The third-order valence-electron chi connectivity index (χ3n) is 4.26. The Bertz CT molecular complexity index is 657. The molecule has 25 heavy (non-hydrogen) atoms. The SMILES string of the molecule is CCCCCCCCC(=Nc1ccccc1)C(C)=Nc1ccccc1. The Morgan fingerprint density at radius 1 is 0.680 bits per heavy atom. The summed E-state index contributed by atoms with van der Waals surface area (Å²) in [6.45, 7) is 4.33. The molecular weight excluding hydrogens is 304 g/mol. The largest absolute Gasteiger partial charge is 0.252 e. The van der Waals surface area contributed by atoms with Gasteiger partial charge in [-0.25, -0.2) is 0 Å². The number of hydrogen-bond acceptors (Lipinski definition) is 2. The zero-order valence-electron chi connectivity index (χ0n) is 15.6. The Hall–Kier alpha value is -2.22. The molecule has 2 heteroatoms. The summed E-state index contributed by atoms with van der Waals surface area (Å²) in [6, 6.07) is 20.3. The molecule has 0 heterocycles. The highest BCUT2D eigenvalue weighted by molar-refractivity contribution is 6.42. The summed E-state index contributed by atoms with van der Waals surface area (Å²) in [4.78, 5) is 9.64. The van der Waals surface area contributed by atoms with Gasteiger partial charge in [0, 0.05) is 0 Å². The number of para-hydroxylation sites is 2. The standard InChI is InChI=1S/C23H30N2/c1-3-4-5-6-7-14-19-23(25-22-17-12-9-13-18-22)20(2)24-21-15-10-8-11-16-21/h8-13,15-18H,3-7,14,19H2,1-2H3. The van der Waals surface area contributed by atoms with Gasteiger partial charge in [-0.1, -0.05) is 75.4 Å². The fourth-order valence-corrected chi connectivity index (χ4v) is 2.81. The van der Waals surface area contributed by atoms with Crippen LogP contribution in [0.5, 0.6) is 0 Å². The van der Waals surface area contributed by atoms with Crippen LogP contribution in [-0.4, -0.2) is 11.4 Å². The highest BCUT2D eigenvalue weighted by Gasteiger charge is 2.05. The van der Waals surface area contributed by atoms with Gasteiger partial charge in [0.15, 0.2) is 0 Å². The van der Waals surface area contributed by atoms with Gasteiger partial charge >= 0.3 is 0 Å². The van der Waals surface area contributed by atoms with Crippen molar-refractivity contribution in [2.45, 2.75) is 58.8 Å². The van der Waals surface area contributed by atoms with Crippen LogP contribution >= 0.6 is 0 Å². The Labute approximate surface area is 152 Å².